The standard InChI is InChI=1S/C22H35N3O6S/c1-8-25(9-2)32(29,30)18-12-10-11-17(13-18)21(27)24-19(14(3)4)22(28)31-16(7)20(26)23-15(5)6/h10-16,19H,8-9H2,1-7H3,(H,23,26)(H,24,27)/t16?,19-/m0/s1. The minimum atomic E-state index is -3.74. The fourth-order valence-electron chi connectivity index (χ4n) is 2.94. The molecule has 2 atom stereocenters. The summed E-state index contributed by atoms with van der Waals surface area (Å²) in [7, 11) is -3.74. The predicted octanol–water partition coefficient (Wildman–Crippen LogP) is 1.93. The van der Waals surface area contributed by atoms with E-state index in [9.17, 15) is 22.8 Å². The summed E-state index contributed by atoms with van der Waals surface area (Å²) in [4.78, 5) is 37.5. The molecule has 1 unspecified atom stereocenters. The van der Waals surface area contributed by atoms with Crippen molar-refractivity contribution < 1.29 is 27.5 Å². The Bertz CT molecular complexity index is 910. The van der Waals surface area contributed by atoms with Crippen molar-refractivity contribution in [2.75, 3.05) is 13.1 Å². The highest BCUT2D eigenvalue weighted by Gasteiger charge is 2.30. The molecular formula is C22H35N3O6S. The molecule has 0 fully saturated rings. The zero-order valence-electron chi connectivity index (χ0n) is 19.8. The first-order chi connectivity index (χ1) is 14.8. The van der Waals surface area contributed by atoms with Gasteiger partial charge in [-0.15, -0.1) is 0 Å². The highest BCUT2D eigenvalue weighted by molar-refractivity contribution is 7.89. The molecule has 0 saturated heterocycles. The van der Waals surface area contributed by atoms with Crippen molar-refractivity contribution in [3.63, 3.8) is 0 Å². The van der Waals surface area contributed by atoms with Crippen molar-refractivity contribution in [1.29, 1.82) is 0 Å². The van der Waals surface area contributed by atoms with Crippen LogP contribution in [0.3, 0.4) is 0 Å². The van der Waals surface area contributed by atoms with Crippen molar-refractivity contribution in [3.05, 3.63) is 29.8 Å². The number of carbonyl (C=O) groups excluding carboxylic acids is 3. The lowest BCUT2D eigenvalue weighted by molar-refractivity contribution is -0.157. The lowest BCUT2D eigenvalue weighted by atomic mass is 10.0. The smallest absolute Gasteiger partial charge is 0.329 e. The van der Waals surface area contributed by atoms with Crippen LogP contribution in [0.15, 0.2) is 29.2 Å². The van der Waals surface area contributed by atoms with Crippen molar-refractivity contribution in [1.82, 2.24) is 14.9 Å². The molecule has 0 bridgehead atoms. The molecule has 0 spiro atoms. The zero-order valence-corrected chi connectivity index (χ0v) is 20.7. The van der Waals surface area contributed by atoms with Crippen molar-refractivity contribution in [2.24, 2.45) is 5.92 Å². The number of benzene rings is 1. The number of hydrogen-bond acceptors (Lipinski definition) is 6. The molecule has 0 aliphatic heterocycles. The molecule has 2 amide bonds. The number of ether oxygens (including phenoxy) is 1. The first kappa shape index (κ1) is 27.6. The Morgan fingerprint density at radius 3 is 2.09 bits per heavy atom. The number of sulfonamides is 1. The summed E-state index contributed by atoms with van der Waals surface area (Å²) in [6.45, 7) is 12.6. The average molecular weight is 470 g/mol. The number of hydrogen-bond donors (Lipinski definition) is 2. The van der Waals surface area contributed by atoms with Crippen molar-refractivity contribution in [3.8, 4) is 0 Å². The zero-order chi connectivity index (χ0) is 24.6. The van der Waals surface area contributed by atoms with Gasteiger partial charge in [-0.25, -0.2) is 13.2 Å². The lowest BCUT2D eigenvalue weighted by Gasteiger charge is -2.23. The molecule has 0 saturated carbocycles. The summed E-state index contributed by atoms with van der Waals surface area (Å²) in [5.74, 6) is -2.12. The molecule has 10 heteroatoms. The maximum absolute atomic E-state index is 12.8. The van der Waals surface area contributed by atoms with E-state index in [1.807, 2.05) is 0 Å². The number of esters is 1. The molecule has 0 aromatic heterocycles. The highest BCUT2D eigenvalue weighted by Crippen LogP contribution is 2.17. The summed E-state index contributed by atoms with van der Waals surface area (Å²) in [6, 6.07) is 4.53. The van der Waals surface area contributed by atoms with Crippen LogP contribution in [-0.2, 0) is 24.3 Å². The summed E-state index contributed by atoms with van der Waals surface area (Å²) < 4.78 is 32.0. The summed E-state index contributed by atoms with van der Waals surface area (Å²) in [5.41, 5.74) is 0.0993. The Labute approximate surface area is 190 Å². The number of nitrogens with zero attached hydrogens (tertiary/aromatic N) is 1. The van der Waals surface area contributed by atoms with Gasteiger partial charge in [0.05, 0.1) is 4.90 Å². The van der Waals surface area contributed by atoms with Crippen LogP contribution in [0.5, 0.6) is 0 Å². The molecule has 32 heavy (non-hydrogen) atoms. The van der Waals surface area contributed by atoms with E-state index in [0.717, 1.165) is 0 Å². The Morgan fingerprint density at radius 1 is 1.00 bits per heavy atom. The van der Waals surface area contributed by atoms with E-state index in [1.165, 1.54) is 35.5 Å². The largest absolute Gasteiger partial charge is 0.451 e. The molecule has 1 aromatic rings. The monoisotopic (exact) mass is 469 g/mol. The van der Waals surface area contributed by atoms with E-state index in [1.54, 1.807) is 41.5 Å². The minimum absolute atomic E-state index is 0.00324. The Morgan fingerprint density at radius 2 is 1.59 bits per heavy atom. The Kier molecular flexibility index (Phi) is 10.3. The molecule has 0 radical (unpaired) electrons. The Hall–Kier alpha value is -2.46. The van der Waals surface area contributed by atoms with E-state index in [-0.39, 0.29) is 22.4 Å². The van der Waals surface area contributed by atoms with Gasteiger partial charge in [-0.2, -0.15) is 4.31 Å². The van der Waals surface area contributed by atoms with Gasteiger partial charge in [0, 0.05) is 24.7 Å². The van der Waals surface area contributed by atoms with Crippen LogP contribution < -0.4 is 10.6 Å². The van der Waals surface area contributed by atoms with E-state index < -0.39 is 40.0 Å². The molecule has 1 aromatic carbocycles. The van der Waals surface area contributed by atoms with Crippen LogP contribution in [0.1, 0.15) is 58.8 Å². The van der Waals surface area contributed by atoms with Crippen molar-refractivity contribution in [2.45, 2.75) is 71.5 Å². The van der Waals surface area contributed by atoms with Crippen LogP contribution in [0, 0.1) is 5.92 Å². The first-order valence-electron chi connectivity index (χ1n) is 10.8. The molecule has 2 N–H and O–H groups in total. The second-order valence-corrected chi connectivity index (χ2v) is 9.99. The first-order valence-corrected chi connectivity index (χ1v) is 12.2. The number of nitrogens with one attached hydrogen (secondary N) is 2. The third-order valence-corrected chi connectivity index (χ3v) is 6.79. The van der Waals surface area contributed by atoms with Crippen LogP contribution in [0.25, 0.3) is 0 Å². The second-order valence-electron chi connectivity index (χ2n) is 8.05. The Balaban J connectivity index is 3.02. The molecule has 1 rings (SSSR count). The topological polar surface area (TPSA) is 122 Å². The maximum atomic E-state index is 12.8. The quantitative estimate of drug-likeness (QED) is 0.478. The van der Waals surface area contributed by atoms with Crippen LogP contribution in [0.2, 0.25) is 0 Å². The molecule has 0 aliphatic rings. The highest BCUT2D eigenvalue weighted by atomic mass is 32.2. The van der Waals surface area contributed by atoms with Gasteiger partial charge >= 0.3 is 5.97 Å². The van der Waals surface area contributed by atoms with E-state index in [4.69, 9.17) is 4.74 Å². The molecule has 0 aliphatic carbocycles. The molecular weight excluding hydrogens is 434 g/mol. The second kappa shape index (κ2) is 12.0. The van der Waals surface area contributed by atoms with Gasteiger partial charge < -0.3 is 15.4 Å². The van der Waals surface area contributed by atoms with Gasteiger partial charge in [-0.05, 0) is 44.9 Å². The summed E-state index contributed by atoms with van der Waals surface area (Å²) in [5, 5.41) is 5.26. The summed E-state index contributed by atoms with van der Waals surface area (Å²) >= 11 is 0. The minimum Gasteiger partial charge on any atom is -0.451 e. The van der Waals surface area contributed by atoms with E-state index >= 15 is 0 Å². The molecule has 0 heterocycles. The number of amides is 2. The van der Waals surface area contributed by atoms with Crippen molar-refractivity contribution >= 4 is 27.8 Å². The maximum Gasteiger partial charge on any atom is 0.329 e. The normalized spacial score (nSPS) is 13.7. The van der Waals surface area contributed by atoms with Crippen LogP contribution >= 0.6 is 0 Å². The van der Waals surface area contributed by atoms with Gasteiger partial charge in [0.15, 0.2) is 6.10 Å². The van der Waals surface area contributed by atoms with Gasteiger partial charge in [0.1, 0.15) is 6.04 Å². The summed E-state index contributed by atoms with van der Waals surface area (Å²) in [6.07, 6.45) is -1.02. The van der Waals surface area contributed by atoms with Crippen LogP contribution in [-0.4, -0.2) is 61.8 Å². The SMILES string of the molecule is CCN(CC)S(=O)(=O)c1cccc(C(=O)N[C@H](C(=O)OC(C)C(=O)NC(C)C)C(C)C)c1. The van der Waals surface area contributed by atoms with E-state index in [0.29, 0.717) is 13.1 Å². The third-order valence-electron chi connectivity index (χ3n) is 4.74. The van der Waals surface area contributed by atoms with Gasteiger partial charge in [0.2, 0.25) is 10.0 Å². The van der Waals surface area contributed by atoms with Crippen LogP contribution in [0.4, 0.5) is 0 Å². The molecule has 9 nitrogen and oxygen atoms in total. The van der Waals surface area contributed by atoms with E-state index in [2.05, 4.69) is 10.6 Å². The molecule has 180 valence electrons. The number of rotatable bonds is 11. The van der Waals surface area contributed by atoms with Gasteiger partial charge in [-0.3, -0.25) is 9.59 Å². The average Bonchev–Trinajstić information content (AvgIpc) is 2.71. The third kappa shape index (κ3) is 7.30. The predicted molar refractivity (Wildman–Crippen MR) is 121 cm³/mol. The lowest BCUT2D eigenvalue weighted by Crippen LogP contribution is -2.48. The van der Waals surface area contributed by atoms with Gasteiger partial charge in [0.25, 0.3) is 11.8 Å². The fourth-order valence-corrected chi connectivity index (χ4v) is 4.44. The van der Waals surface area contributed by atoms with Gasteiger partial charge in [-0.1, -0.05) is 33.8 Å². The fraction of sp³-hybridized carbons (Fsp3) is 0.591. The number of carbonyl (C=O) groups is 3.